The quantitative estimate of drug-likeness (QED) is 0.644. The maximum absolute atomic E-state index is 12.2. The van der Waals surface area contributed by atoms with E-state index in [-0.39, 0.29) is 11.3 Å². The Morgan fingerprint density at radius 2 is 1.96 bits per heavy atom. The minimum absolute atomic E-state index is 0.0732. The lowest BCUT2D eigenvalue weighted by molar-refractivity contribution is -0.121. The summed E-state index contributed by atoms with van der Waals surface area (Å²) in [4.78, 5) is 12.2. The summed E-state index contributed by atoms with van der Waals surface area (Å²) in [5, 5.41) is 3.19. The zero-order valence-electron chi connectivity index (χ0n) is 15.0. The molecule has 1 aromatic rings. The van der Waals surface area contributed by atoms with E-state index in [9.17, 15) is 4.79 Å². The van der Waals surface area contributed by atoms with Crippen molar-refractivity contribution in [3.05, 3.63) is 29.8 Å². The van der Waals surface area contributed by atoms with Crippen LogP contribution in [-0.2, 0) is 10.2 Å². The van der Waals surface area contributed by atoms with Gasteiger partial charge >= 0.3 is 0 Å². The van der Waals surface area contributed by atoms with Gasteiger partial charge in [-0.05, 0) is 49.9 Å². The van der Waals surface area contributed by atoms with Gasteiger partial charge in [-0.25, -0.2) is 0 Å². The number of nitrogens with one attached hydrogen (secondary N) is 1. The van der Waals surface area contributed by atoms with Gasteiger partial charge in [0, 0.05) is 18.4 Å². The van der Waals surface area contributed by atoms with Crippen molar-refractivity contribution in [1.29, 1.82) is 0 Å². The standard InChI is InChI=1S/C20H32N2O2/c1-24-18-10-8-9-17(15-18)20(12-5-6-13-20)16-22-19(23)11-4-2-3-7-14-21/h8-10,15H,2-7,11-14,16,21H2,1H3,(H,22,23). The predicted molar refractivity (Wildman–Crippen MR) is 98.3 cm³/mol. The summed E-state index contributed by atoms with van der Waals surface area (Å²) >= 11 is 0. The highest BCUT2D eigenvalue weighted by Crippen LogP contribution is 2.41. The van der Waals surface area contributed by atoms with E-state index in [0.29, 0.717) is 6.42 Å². The predicted octanol–water partition coefficient (Wildman–Crippen LogP) is 3.53. The van der Waals surface area contributed by atoms with Crippen LogP contribution in [0.4, 0.5) is 0 Å². The molecule has 2 rings (SSSR count). The van der Waals surface area contributed by atoms with Crippen LogP contribution in [0.25, 0.3) is 0 Å². The number of rotatable bonds is 10. The maximum atomic E-state index is 12.2. The summed E-state index contributed by atoms with van der Waals surface area (Å²) in [6.07, 6.45) is 9.58. The van der Waals surface area contributed by atoms with Crippen LogP contribution in [0.2, 0.25) is 0 Å². The van der Waals surface area contributed by atoms with Crippen LogP contribution < -0.4 is 15.8 Å². The van der Waals surface area contributed by atoms with Gasteiger partial charge < -0.3 is 15.8 Å². The van der Waals surface area contributed by atoms with Gasteiger partial charge in [0.25, 0.3) is 0 Å². The summed E-state index contributed by atoms with van der Waals surface area (Å²) in [6, 6.07) is 8.33. The fourth-order valence-corrected chi connectivity index (χ4v) is 3.71. The molecule has 0 unspecified atom stereocenters. The van der Waals surface area contributed by atoms with Crippen molar-refractivity contribution in [1.82, 2.24) is 5.32 Å². The number of nitrogens with two attached hydrogens (primary N) is 1. The van der Waals surface area contributed by atoms with E-state index < -0.39 is 0 Å². The first-order valence-electron chi connectivity index (χ1n) is 9.31. The molecule has 0 spiro atoms. The van der Waals surface area contributed by atoms with Crippen molar-refractivity contribution < 1.29 is 9.53 Å². The smallest absolute Gasteiger partial charge is 0.220 e. The number of hydrogen-bond acceptors (Lipinski definition) is 3. The lowest BCUT2D eigenvalue weighted by Crippen LogP contribution is -2.39. The maximum Gasteiger partial charge on any atom is 0.220 e. The molecule has 1 aromatic carbocycles. The number of amides is 1. The molecule has 0 atom stereocenters. The third kappa shape index (κ3) is 5.23. The fraction of sp³-hybridized carbons (Fsp3) is 0.650. The SMILES string of the molecule is COc1cccc(C2(CNC(=O)CCCCCCN)CCCC2)c1. The van der Waals surface area contributed by atoms with Crippen molar-refractivity contribution in [2.45, 2.75) is 63.2 Å². The highest BCUT2D eigenvalue weighted by molar-refractivity contribution is 5.76. The van der Waals surface area contributed by atoms with Crippen LogP contribution in [0.15, 0.2) is 24.3 Å². The molecule has 0 aliphatic heterocycles. The number of ether oxygens (including phenoxy) is 1. The van der Waals surface area contributed by atoms with Gasteiger partial charge in [0.1, 0.15) is 5.75 Å². The van der Waals surface area contributed by atoms with Gasteiger partial charge in [-0.2, -0.15) is 0 Å². The number of carbonyl (C=O) groups is 1. The molecular formula is C20H32N2O2. The van der Waals surface area contributed by atoms with Crippen LogP contribution in [-0.4, -0.2) is 26.1 Å². The highest BCUT2D eigenvalue weighted by Gasteiger charge is 2.36. The zero-order valence-corrected chi connectivity index (χ0v) is 15.0. The fourth-order valence-electron chi connectivity index (χ4n) is 3.71. The van der Waals surface area contributed by atoms with Crippen molar-refractivity contribution >= 4 is 5.91 Å². The van der Waals surface area contributed by atoms with Crippen molar-refractivity contribution in [2.75, 3.05) is 20.2 Å². The molecule has 24 heavy (non-hydrogen) atoms. The molecule has 1 aliphatic carbocycles. The molecule has 1 saturated carbocycles. The highest BCUT2D eigenvalue weighted by atomic mass is 16.5. The summed E-state index contributed by atoms with van der Waals surface area (Å²) in [5.74, 6) is 1.07. The van der Waals surface area contributed by atoms with E-state index in [1.165, 1.54) is 18.4 Å². The van der Waals surface area contributed by atoms with Crippen LogP contribution in [0, 0.1) is 0 Å². The lowest BCUT2D eigenvalue weighted by Gasteiger charge is -2.30. The monoisotopic (exact) mass is 332 g/mol. The van der Waals surface area contributed by atoms with Crippen LogP contribution in [0.1, 0.15) is 63.4 Å². The number of methoxy groups -OCH3 is 1. The molecule has 1 amide bonds. The average Bonchev–Trinajstić information content (AvgIpc) is 3.10. The van der Waals surface area contributed by atoms with E-state index in [2.05, 4.69) is 17.4 Å². The van der Waals surface area contributed by atoms with E-state index in [1.54, 1.807) is 7.11 Å². The minimum atomic E-state index is 0.0732. The molecule has 1 aliphatic rings. The molecule has 0 heterocycles. The summed E-state index contributed by atoms with van der Waals surface area (Å²) in [6.45, 7) is 1.48. The number of benzene rings is 1. The third-order valence-electron chi connectivity index (χ3n) is 5.22. The minimum Gasteiger partial charge on any atom is -0.497 e. The Kier molecular flexibility index (Phi) is 7.57. The Morgan fingerprint density at radius 3 is 2.67 bits per heavy atom. The molecule has 0 radical (unpaired) electrons. The van der Waals surface area contributed by atoms with E-state index in [0.717, 1.165) is 57.4 Å². The summed E-state index contributed by atoms with van der Waals surface area (Å²) in [5.41, 5.74) is 6.86. The van der Waals surface area contributed by atoms with Gasteiger partial charge in [0.05, 0.1) is 7.11 Å². The van der Waals surface area contributed by atoms with Crippen LogP contribution in [0.5, 0.6) is 5.75 Å². The first-order valence-corrected chi connectivity index (χ1v) is 9.31. The van der Waals surface area contributed by atoms with Gasteiger partial charge in [-0.1, -0.05) is 37.8 Å². The molecular weight excluding hydrogens is 300 g/mol. The van der Waals surface area contributed by atoms with Crippen LogP contribution >= 0.6 is 0 Å². The van der Waals surface area contributed by atoms with Gasteiger partial charge in [-0.15, -0.1) is 0 Å². The normalized spacial score (nSPS) is 16.1. The average molecular weight is 332 g/mol. The Balaban J connectivity index is 1.88. The Morgan fingerprint density at radius 1 is 1.21 bits per heavy atom. The second-order valence-electron chi connectivity index (χ2n) is 6.95. The number of unbranched alkanes of at least 4 members (excludes halogenated alkanes) is 3. The summed E-state index contributed by atoms with van der Waals surface area (Å²) < 4.78 is 5.37. The zero-order chi connectivity index (χ0) is 17.3. The van der Waals surface area contributed by atoms with Gasteiger partial charge in [-0.3, -0.25) is 4.79 Å². The van der Waals surface area contributed by atoms with Gasteiger partial charge in [0.2, 0.25) is 5.91 Å². The lowest BCUT2D eigenvalue weighted by atomic mass is 9.78. The number of hydrogen-bond donors (Lipinski definition) is 2. The van der Waals surface area contributed by atoms with Crippen molar-refractivity contribution in [3.63, 3.8) is 0 Å². The first-order chi connectivity index (χ1) is 11.7. The molecule has 4 heteroatoms. The third-order valence-corrected chi connectivity index (χ3v) is 5.22. The molecule has 4 nitrogen and oxygen atoms in total. The summed E-state index contributed by atoms with van der Waals surface area (Å²) in [7, 11) is 1.70. The van der Waals surface area contributed by atoms with E-state index in [4.69, 9.17) is 10.5 Å². The molecule has 1 fully saturated rings. The topological polar surface area (TPSA) is 64.3 Å². The van der Waals surface area contributed by atoms with Gasteiger partial charge in [0.15, 0.2) is 0 Å². The second kappa shape index (κ2) is 9.67. The first kappa shape index (κ1) is 18.8. The van der Waals surface area contributed by atoms with E-state index in [1.807, 2.05) is 12.1 Å². The molecule has 0 bridgehead atoms. The molecule has 0 aromatic heterocycles. The molecule has 3 N–H and O–H groups in total. The largest absolute Gasteiger partial charge is 0.497 e. The van der Waals surface area contributed by atoms with Crippen molar-refractivity contribution in [3.8, 4) is 5.75 Å². The Hall–Kier alpha value is -1.55. The Labute approximate surface area is 146 Å². The molecule has 0 saturated heterocycles. The Bertz CT molecular complexity index is 510. The van der Waals surface area contributed by atoms with E-state index >= 15 is 0 Å². The second-order valence-corrected chi connectivity index (χ2v) is 6.95. The number of carbonyl (C=O) groups excluding carboxylic acids is 1. The van der Waals surface area contributed by atoms with Crippen LogP contribution in [0.3, 0.4) is 0 Å². The molecule has 134 valence electrons. The van der Waals surface area contributed by atoms with Crippen molar-refractivity contribution in [2.24, 2.45) is 5.73 Å².